The molecule has 0 fully saturated rings. The Kier molecular flexibility index (Phi) is 12.4. The third-order valence-electron chi connectivity index (χ3n) is 7.42. The van der Waals surface area contributed by atoms with Crippen LogP contribution >= 0.6 is 0 Å². The summed E-state index contributed by atoms with van der Waals surface area (Å²) in [5.41, 5.74) is 4.83. The molecular formula is C34H51N3O2. The quantitative estimate of drug-likeness (QED) is 0.188. The molecule has 0 bridgehead atoms. The first kappa shape index (κ1) is 30.7. The molecule has 1 aromatic heterocycles. The number of carbonyl (C=O) groups excluding carboxylic acids is 1. The van der Waals surface area contributed by atoms with Gasteiger partial charge in [0.2, 0.25) is 0 Å². The largest absolute Gasteiger partial charge is 0.461 e. The van der Waals surface area contributed by atoms with Gasteiger partial charge in [-0.05, 0) is 87.7 Å². The van der Waals surface area contributed by atoms with Gasteiger partial charge < -0.3 is 19.5 Å². The molecule has 5 heteroatoms. The molecular weight excluding hydrogens is 482 g/mol. The number of anilines is 2. The smallest absolute Gasteiger partial charge is 0.255 e. The molecule has 0 aliphatic rings. The van der Waals surface area contributed by atoms with E-state index in [0.29, 0.717) is 11.5 Å². The summed E-state index contributed by atoms with van der Waals surface area (Å²) in [5.74, 6) is 1.29. The second-order valence-corrected chi connectivity index (χ2v) is 11.1. The van der Waals surface area contributed by atoms with E-state index in [1.165, 1.54) is 36.9 Å². The fraction of sp³-hybridized carbons (Fsp3) is 0.559. The summed E-state index contributed by atoms with van der Waals surface area (Å²) in [5, 5.41) is 4.25. The van der Waals surface area contributed by atoms with Gasteiger partial charge in [0.1, 0.15) is 11.3 Å². The van der Waals surface area contributed by atoms with Crippen molar-refractivity contribution in [1.82, 2.24) is 4.90 Å². The number of hydrogen-bond donors (Lipinski definition) is 1. The van der Waals surface area contributed by atoms with Crippen molar-refractivity contribution in [3.8, 4) is 0 Å². The molecule has 3 aromatic rings. The minimum absolute atomic E-state index is 0.0853. The van der Waals surface area contributed by atoms with Crippen LogP contribution in [-0.4, -0.2) is 43.5 Å². The Morgan fingerprint density at radius 3 is 2.03 bits per heavy atom. The van der Waals surface area contributed by atoms with Gasteiger partial charge in [-0.1, -0.05) is 54.4 Å². The highest BCUT2D eigenvalue weighted by Crippen LogP contribution is 2.33. The van der Waals surface area contributed by atoms with Gasteiger partial charge in [-0.3, -0.25) is 4.79 Å². The van der Waals surface area contributed by atoms with Crippen LogP contribution < -0.4 is 10.2 Å². The van der Waals surface area contributed by atoms with Gasteiger partial charge in [0.15, 0.2) is 0 Å². The topological polar surface area (TPSA) is 48.7 Å². The summed E-state index contributed by atoms with van der Waals surface area (Å²) in [7, 11) is 0. The highest BCUT2D eigenvalue weighted by Gasteiger charge is 2.19. The third kappa shape index (κ3) is 8.60. The summed E-state index contributed by atoms with van der Waals surface area (Å²) in [4.78, 5) is 18.1. The summed E-state index contributed by atoms with van der Waals surface area (Å²) < 4.78 is 6.34. The number of fused-ring (bicyclic) bond motifs is 1. The summed E-state index contributed by atoms with van der Waals surface area (Å²) in [6, 6.07) is 14.0. The normalized spacial score (nSPS) is 11.6. The third-order valence-corrected chi connectivity index (χ3v) is 7.42. The van der Waals surface area contributed by atoms with Crippen molar-refractivity contribution in [3.05, 3.63) is 59.4 Å². The van der Waals surface area contributed by atoms with E-state index in [2.05, 4.69) is 74.9 Å². The predicted octanol–water partition coefficient (Wildman–Crippen LogP) is 8.88. The Morgan fingerprint density at radius 1 is 0.821 bits per heavy atom. The molecule has 5 nitrogen and oxygen atoms in total. The lowest BCUT2D eigenvalue weighted by molar-refractivity contribution is 0.102. The Labute approximate surface area is 236 Å². The molecule has 0 radical (unpaired) electrons. The average Bonchev–Trinajstić information content (AvgIpc) is 3.30. The van der Waals surface area contributed by atoms with Crippen LogP contribution in [0.5, 0.6) is 0 Å². The number of rotatable bonds is 17. The number of nitrogens with zero attached hydrogens (tertiary/aromatic N) is 2. The van der Waals surface area contributed by atoms with Gasteiger partial charge in [-0.15, -0.1) is 0 Å². The van der Waals surface area contributed by atoms with Gasteiger partial charge >= 0.3 is 0 Å². The molecule has 0 saturated carbocycles. The van der Waals surface area contributed by atoms with Crippen molar-refractivity contribution in [3.63, 3.8) is 0 Å². The lowest BCUT2D eigenvalue weighted by atomic mass is 10.0. The monoisotopic (exact) mass is 533 g/mol. The second kappa shape index (κ2) is 15.7. The molecule has 1 amide bonds. The molecule has 1 heterocycles. The maximum Gasteiger partial charge on any atom is 0.255 e. The number of nitrogens with one attached hydrogen (secondary N) is 1. The second-order valence-electron chi connectivity index (χ2n) is 11.1. The van der Waals surface area contributed by atoms with E-state index in [9.17, 15) is 4.79 Å². The van der Waals surface area contributed by atoms with Crippen LogP contribution in [0.3, 0.4) is 0 Å². The molecule has 0 spiro atoms. The summed E-state index contributed by atoms with van der Waals surface area (Å²) >= 11 is 0. The van der Waals surface area contributed by atoms with Crippen LogP contribution in [-0.2, 0) is 6.42 Å². The number of amides is 1. The van der Waals surface area contributed by atoms with Crippen LogP contribution in [0, 0.1) is 0 Å². The number of carbonyl (C=O) groups is 1. The van der Waals surface area contributed by atoms with E-state index < -0.39 is 0 Å². The Hall–Kier alpha value is -2.79. The van der Waals surface area contributed by atoms with Crippen molar-refractivity contribution in [2.75, 3.05) is 42.9 Å². The van der Waals surface area contributed by atoms with E-state index in [0.717, 1.165) is 74.4 Å². The van der Waals surface area contributed by atoms with Crippen LogP contribution in [0.2, 0.25) is 0 Å². The van der Waals surface area contributed by atoms with Crippen LogP contribution in [0.4, 0.5) is 11.4 Å². The van der Waals surface area contributed by atoms with Gasteiger partial charge in [-0.25, -0.2) is 0 Å². The Morgan fingerprint density at radius 2 is 1.46 bits per heavy atom. The molecule has 3 rings (SSSR count). The lowest BCUT2D eigenvalue weighted by Crippen LogP contribution is -2.28. The molecule has 0 aliphatic heterocycles. The first-order chi connectivity index (χ1) is 18.9. The number of furan rings is 1. The van der Waals surface area contributed by atoms with Crippen LogP contribution in [0.15, 0.2) is 46.9 Å². The maximum atomic E-state index is 13.1. The summed E-state index contributed by atoms with van der Waals surface area (Å²) in [6.07, 6.45) is 8.08. The molecule has 1 N–H and O–H groups in total. The van der Waals surface area contributed by atoms with E-state index in [-0.39, 0.29) is 5.91 Å². The highest BCUT2D eigenvalue weighted by atomic mass is 16.3. The van der Waals surface area contributed by atoms with E-state index in [1.54, 1.807) is 0 Å². The van der Waals surface area contributed by atoms with Gasteiger partial charge in [0.05, 0.1) is 0 Å². The standard InChI is InChI=1S/C34H51N3O2/c1-7-11-22-36(23-12-8-2)24-19-30-31-25-28(15-18-32(31)39-33(30)26(5)6)35-34(38)27-13-16-29(17-14-27)37(20-9-3)21-10-4/h13-18,25-26H,7-12,19-24H2,1-6H3,(H,35,38). The van der Waals surface area contributed by atoms with Crippen molar-refractivity contribution < 1.29 is 9.21 Å². The van der Waals surface area contributed by atoms with Crippen LogP contribution in [0.1, 0.15) is 108 Å². The zero-order chi connectivity index (χ0) is 28.2. The van der Waals surface area contributed by atoms with Gasteiger partial charge in [0.25, 0.3) is 5.91 Å². The van der Waals surface area contributed by atoms with Crippen molar-refractivity contribution in [2.24, 2.45) is 0 Å². The van der Waals surface area contributed by atoms with Crippen molar-refractivity contribution in [2.45, 2.75) is 92.4 Å². The SMILES string of the molecule is CCCCN(CCCC)CCc1c(C(C)C)oc2ccc(NC(=O)c3ccc(N(CCC)CCC)cc3)cc12. The van der Waals surface area contributed by atoms with E-state index in [4.69, 9.17) is 4.42 Å². The molecule has 0 saturated heterocycles. The molecule has 39 heavy (non-hydrogen) atoms. The van der Waals surface area contributed by atoms with Gasteiger partial charge in [0, 0.05) is 53.4 Å². The summed E-state index contributed by atoms with van der Waals surface area (Å²) in [6.45, 7) is 18.7. The zero-order valence-corrected chi connectivity index (χ0v) is 25.3. The van der Waals surface area contributed by atoms with Crippen molar-refractivity contribution >= 4 is 28.3 Å². The van der Waals surface area contributed by atoms with E-state index >= 15 is 0 Å². The van der Waals surface area contributed by atoms with Crippen molar-refractivity contribution in [1.29, 1.82) is 0 Å². The first-order valence-electron chi connectivity index (χ1n) is 15.4. The molecule has 0 unspecified atom stereocenters. The van der Waals surface area contributed by atoms with Gasteiger partial charge in [-0.2, -0.15) is 0 Å². The predicted molar refractivity (Wildman–Crippen MR) is 167 cm³/mol. The average molecular weight is 534 g/mol. The molecule has 0 aliphatic carbocycles. The van der Waals surface area contributed by atoms with Crippen LogP contribution in [0.25, 0.3) is 11.0 Å². The maximum absolute atomic E-state index is 13.1. The molecule has 2 aromatic carbocycles. The van der Waals surface area contributed by atoms with E-state index in [1.807, 2.05) is 24.3 Å². The zero-order valence-electron chi connectivity index (χ0n) is 25.3. The Balaban J connectivity index is 1.79. The first-order valence-corrected chi connectivity index (χ1v) is 15.4. The Bertz CT molecular complexity index is 1140. The molecule has 214 valence electrons. The fourth-order valence-corrected chi connectivity index (χ4v) is 5.28. The number of hydrogen-bond acceptors (Lipinski definition) is 4. The highest BCUT2D eigenvalue weighted by molar-refractivity contribution is 6.05. The number of benzene rings is 2. The lowest BCUT2D eigenvalue weighted by Gasteiger charge is -2.23. The minimum atomic E-state index is -0.0853. The fourth-order valence-electron chi connectivity index (χ4n) is 5.28. The molecule has 0 atom stereocenters. The minimum Gasteiger partial charge on any atom is -0.461 e. The number of unbranched alkanes of at least 4 members (excludes halogenated alkanes) is 2.